The zero-order valence-corrected chi connectivity index (χ0v) is 13.3. The van der Waals surface area contributed by atoms with Gasteiger partial charge in [0.05, 0.1) is 0 Å². The number of aromatic hydroxyl groups is 4. The van der Waals surface area contributed by atoms with E-state index in [0.29, 0.717) is 0 Å². The lowest BCUT2D eigenvalue weighted by Gasteiger charge is -2.14. The molecule has 0 aliphatic heterocycles. The van der Waals surface area contributed by atoms with Gasteiger partial charge in [-0.2, -0.15) is 0 Å². The molecule has 3 rings (SSSR count). The zero-order valence-electron chi connectivity index (χ0n) is 12.5. The highest BCUT2D eigenvalue weighted by Crippen LogP contribution is 2.38. The van der Waals surface area contributed by atoms with Gasteiger partial charge in [0.2, 0.25) is 11.2 Å². The van der Waals surface area contributed by atoms with E-state index in [9.17, 15) is 38.2 Å². The largest absolute Gasteiger partial charge is 0.716 e. The molecule has 0 amide bonds. The molecule has 0 bridgehead atoms. The second-order valence-electron chi connectivity index (χ2n) is 5.12. The Labute approximate surface area is 144 Å². The van der Waals surface area contributed by atoms with Crippen LogP contribution in [0.3, 0.4) is 0 Å². The maximum Gasteiger partial charge on any atom is 0.262 e. The van der Waals surface area contributed by atoms with Crippen molar-refractivity contribution >= 4 is 21.4 Å². The van der Waals surface area contributed by atoms with Gasteiger partial charge < -0.3 is 33.6 Å². The summed E-state index contributed by atoms with van der Waals surface area (Å²) in [5.41, 5.74) is -1.67. The molecule has 0 unspecified atom stereocenters. The molecule has 26 heavy (non-hydrogen) atoms. The summed E-state index contributed by atoms with van der Waals surface area (Å²) < 4.78 is 42.4. The number of rotatable bonds is 3. The Kier molecular flexibility index (Phi) is 3.89. The van der Waals surface area contributed by atoms with Gasteiger partial charge in [-0.15, -0.1) is 0 Å². The second kappa shape index (κ2) is 5.82. The van der Waals surface area contributed by atoms with Crippen LogP contribution < -0.4 is 9.61 Å². The van der Waals surface area contributed by atoms with Gasteiger partial charge in [-0.05, 0) is 18.2 Å². The quantitative estimate of drug-likeness (QED) is 0.292. The molecule has 136 valence electrons. The Balaban J connectivity index is 2.44. The summed E-state index contributed by atoms with van der Waals surface area (Å²) in [6.07, 6.45) is 0. The minimum Gasteiger partial charge on any atom is -0.716 e. The van der Waals surface area contributed by atoms with Crippen LogP contribution in [0.15, 0.2) is 39.5 Å². The molecule has 11 heteroatoms. The third-order valence-electron chi connectivity index (χ3n) is 3.34. The molecule has 0 saturated heterocycles. The van der Waals surface area contributed by atoms with Crippen LogP contribution >= 0.6 is 0 Å². The molecular weight excluding hydrogens is 372 g/mol. The van der Waals surface area contributed by atoms with Crippen molar-refractivity contribution in [3.05, 3.63) is 40.6 Å². The molecule has 0 fully saturated rings. The fourth-order valence-electron chi connectivity index (χ4n) is 2.30. The maximum atomic E-state index is 12.5. The van der Waals surface area contributed by atoms with Crippen LogP contribution in [-0.4, -0.2) is 33.4 Å². The van der Waals surface area contributed by atoms with E-state index in [-0.39, 0.29) is 11.1 Å². The highest BCUT2D eigenvalue weighted by Gasteiger charge is 2.23. The highest BCUT2D eigenvalue weighted by atomic mass is 32.3. The molecular formula is C15H9O10S-. The van der Waals surface area contributed by atoms with Crippen LogP contribution in [0.4, 0.5) is 0 Å². The van der Waals surface area contributed by atoms with Gasteiger partial charge in [0.1, 0.15) is 22.5 Å². The summed E-state index contributed by atoms with van der Waals surface area (Å²) >= 11 is 0. The normalized spacial score (nSPS) is 11.6. The van der Waals surface area contributed by atoms with Crippen LogP contribution in [0.5, 0.6) is 28.7 Å². The molecule has 2 aromatic carbocycles. The third-order valence-corrected chi connectivity index (χ3v) is 3.71. The number of phenolic OH excluding ortho intramolecular Hbond substituents is 4. The predicted octanol–water partition coefficient (Wildman–Crippen LogP) is 1.12. The average molecular weight is 381 g/mol. The van der Waals surface area contributed by atoms with Crippen molar-refractivity contribution in [2.45, 2.75) is 0 Å². The SMILES string of the molecule is O=c1c(OS(=O)(=O)[O-])c(-c2ccc(O)c(O)c2)oc2cc(O)cc(O)c12. The highest BCUT2D eigenvalue weighted by molar-refractivity contribution is 7.81. The van der Waals surface area contributed by atoms with Crippen LogP contribution in [0.2, 0.25) is 0 Å². The van der Waals surface area contributed by atoms with Gasteiger partial charge in [0.25, 0.3) is 10.4 Å². The third kappa shape index (κ3) is 3.08. The molecule has 0 radical (unpaired) electrons. The number of phenols is 4. The summed E-state index contributed by atoms with van der Waals surface area (Å²) in [6, 6.07) is 4.86. The maximum absolute atomic E-state index is 12.5. The standard InChI is InChI=1S/C15H10O10S/c16-7-4-10(19)12-11(5-7)24-14(6-1-2-8(17)9(18)3-6)15(13(12)20)25-26(21,22)23/h1-5,16-19H,(H,21,22,23)/p-1. The van der Waals surface area contributed by atoms with Gasteiger partial charge in [-0.1, -0.05) is 0 Å². The Morgan fingerprint density at radius 3 is 2.27 bits per heavy atom. The van der Waals surface area contributed by atoms with E-state index in [1.54, 1.807) is 0 Å². The molecule has 4 N–H and O–H groups in total. The van der Waals surface area contributed by atoms with Crippen LogP contribution in [0.1, 0.15) is 0 Å². The number of benzene rings is 2. The number of fused-ring (bicyclic) bond motifs is 1. The van der Waals surface area contributed by atoms with Crippen LogP contribution in [0, 0.1) is 0 Å². The molecule has 0 spiro atoms. The minimum atomic E-state index is -5.39. The second-order valence-corrected chi connectivity index (χ2v) is 6.11. The Morgan fingerprint density at radius 2 is 1.65 bits per heavy atom. The van der Waals surface area contributed by atoms with Gasteiger partial charge in [0.15, 0.2) is 17.3 Å². The molecule has 0 aliphatic carbocycles. The van der Waals surface area contributed by atoms with E-state index in [1.807, 2.05) is 0 Å². The number of hydrogen-bond acceptors (Lipinski definition) is 10. The van der Waals surface area contributed by atoms with Crippen molar-refractivity contribution in [1.29, 1.82) is 0 Å². The first-order valence-electron chi connectivity index (χ1n) is 6.77. The fourth-order valence-corrected chi connectivity index (χ4v) is 2.66. The van der Waals surface area contributed by atoms with E-state index in [1.165, 1.54) is 0 Å². The molecule has 0 aliphatic rings. The predicted molar refractivity (Wildman–Crippen MR) is 84.9 cm³/mol. The van der Waals surface area contributed by atoms with Crippen molar-refractivity contribution in [3.63, 3.8) is 0 Å². The summed E-state index contributed by atoms with van der Waals surface area (Å²) in [5.74, 6) is -3.96. The van der Waals surface area contributed by atoms with Gasteiger partial charge in [-0.3, -0.25) is 4.79 Å². The number of hydrogen-bond donors (Lipinski definition) is 4. The van der Waals surface area contributed by atoms with Crippen LogP contribution in [-0.2, 0) is 10.4 Å². The summed E-state index contributed by atoms with van der Waals surface area (Å²) in [7, 11) is -5.39. The van der Waals surface area contributed by atoms with E-state index in [2.05, 4.69) is 4.18 Å². The first-order chi connectivity index (χ1) is 12.1. The fraction of sp³-hybridized carbons (Fsp3) is 0. The summed E-state index contributed by atoms with van der Waals surface area (Å²) in [4.78, 5) is 12.5. The van der Waals surface area contributed by atoms with Crippen molar-refractivity contribution in [3.8, 4) is 40.1 Å². The minimum absolute atomic E-state index is 0.124. The lowest BCUT2D eigenvalue weighted by atomic mass is 10.1. The molecule has 10 nitrogen and oxygen atoms in total. The van der Waals surface area contributed by atoms with Crippen molar-refractivity contribution in [1.82, 2.24) is 0 Å². The average Bonchev–Trinajstić information content (AvgIpc) is 2.50. The van der Waals surface area contributed by atoms with Gasteiger partial charge in [-0.25, -0.2) is 8.42 Å². The smallest absolute Gasteiger partial charge is 0.262 e. The molecule has 1 heterocycles. The molecule has 3 aromatic rings. The van der Waals surface area contributed by atoms with Gasteiger partial charge in [0, 0.05) is 17.7 Å². The topological polar surface area (TPSA) is 178 Å². The molecule has 0 atom stereocenters. The summed E-state index contributed by atoms with van der Waals surface area (Å²) in [5, 5.41) is 37.8. The van der Waals surface area contributed by atoms with E-state index < -0.39 is 55.7 Å². The summed E-state index contributed by atoms with van der Waals surface area (Å²) in [6.45, 7) is 0. The zero-order chi connectivity index (χ0) is 19.2. The van der Waals surface area contributed by atoms with E-state index in [0.717, 1.165) is 30.3 Å². The Morgan fingerprint density at radius 1 is 0.962 bits per heavy atom. The van der Waals surface area contributed by atoms with E-state index >= 15 is 0 Å². The lowest BCUT2D eigenvalue weighted by molar-refractivity contribution is 0.367. The Bertz CT molecular complexity index is 1190. The first-order valence-corrected chi connectivity index (χ1v) is 8.10. The monoisotopic (exact) mass is 381 g/mol. The molecule has 1 aromatic heterocycles. The first kappa shape index (κ1) is 17.4. The van der Waals surface area contributed by atoms with Gasteiger partial charge >= 0.3 is 0 Å². The van der Waals surface area contributed by atoms with Crippen molar-refractivity contribution < 1.29 is 42.0 Å². The van der Waals surface area contributed by atoms with Crippen molar-refractivity contribution in [2.24, 2.45) is 0 Å². The van der Waals surface area contributed by atoms with Crippen LogP contribution in [0.25, 0.3) is 22.3 Å². The van der Waals surface area contributed by atoms with Crippen molar-refractivity contribution in [2.75, 3.05) is 0 Å². The van der Waals surface area contributed by atoms with E-state index in [4.69, 9.17) is 4.42 Å². The Hall–Kier alpha value is -3.44. The lowest BCUT2D eigenvalue weighted by Crippen LogP contribution is -2.16. The molecule has 0 saturated carbocycles.